The van der Waals surface area contributed by atoms with Crippen LogP contribution in [0.4, 0.5) is 5.69 Å². The molecule has 0 spiro atoms. The number of fused-ring (bicyclic) bond motifs is 1. The third-order valence-electron chi connectivity index (χ3n) is 5.16. The third kappa shape index (κ3) is 3.34. The largest absolute Gasteiger partial charge is 0.497 e. The number of nitriles is 1. The zero-order valence-corrected chi connectivity index (χ0v) is 16.7. The van der Waals surface area contributed by atoms with Crippen LogP contribution in [0.1, 0.15) is 23.5 Å². The van der Waals surface area contributed by atoms with Crippen LogP contribution in [0.15, 0.2) is 59.1 Å². The van der Waals surface area contributed by atoms with Crippen LogP contribution >= 0.6 is 11.8 Å². The number of thioether (sulfide) groups is 1. The molecule has 0 aromatic heterocycles. The van der Waals surface area contributed by atoms with E-state index in [-0.39, 0.29) is 11.8 Å². The number of amides is 1. The van der Waals surface area contributed by atoms with E-state index in [1.807, 2.05) is 30.3 Å². The van der Waals surface area contributed by atoms with Crippen molar-refractivity contribution in [1.29, 1.82) is 5.26 Å². The fraction of sp³-hybridized carbons (Fsp3) is 0.273. The lowest BCUT2D eigenvalue weighted by Crippen LogP contribution is -2.47. The number of aryl methyl sites for hydroxylation is 1. The number of ether oxygens (including phenoxy) is 1. The fourth-order valence-electron chi connectivity index (χ4n) is 3.69. The van der Waals surface area contributed by atoms with E-state index in [4.69, 9.17) is 4.74 Å². The Bertz CT molecular complexity index is 995. The van der Waals surface area contributed by atoms with E-state index < -0.39 is 0 Å². The minimum Gasteiger partial charge on any atom is -0.497 e. The van der Waals surface area contributed by atoms with Gasteiger partial charge in [-0.15, -0.1) is 0 Å². The first-order chi connectivity index (χ1) is 13.6. The van der Waals surface area contributed by atoms with Gasteiger partial charge in [0.2, 0.25) is 5.91 Å². The van der Waals surface area contributed by atoms with E-state index in [2.05, 4.69) is 36.1 Å². The van der Waals surface area contributed by atoms with Gasteiger partial charge in [0.1, 0.15) is 5.75 Å². The molecule has 1 amide bonds. The van der Waals surface area contributed by atoms with Gasteiger partial charge in [-0.1, -0.05) is 36.0 Å². The molecule has 2 heterocycles. The van der Waals surface area contributed by atoms with Gasteiger partial charge in [-0.2, -0.15) is 5.26 Å². The summed E-state index contributed by atoms with van der Waals surface area (Å²) in [6.45, 7) is 2.53. The Labute approximate surface area is 169 Å². The number of carbonyl (C=O) groups excluding carboxylic acids is 1. The molecular weight excluding hydrogens is 370 g/mol. The predicted molar refractivity (Wildman–Crippen MR) is 111 cm³/mol. The first-order valence-corrected chi connectivity index (χ1v) is 10.1. The van der Waals surface area contributed by atoms with Gasteiger partial charge in [-0.25, -0.2) is 0 Å². The summed E-state index contributed by atoms with van der Waals surface area (Å²) in [6.07, 6.45) is 0.293. The molecule has 0 unspecified atom stereocenters. The molecule has 0 N–H and O–H groups in total. The van der Waals surface area contributed by atoms with Crippen molar-refractivity contribution in [3.63, 3.8) is 0 Å². The van der Waals surface area contributed by atoms with Crippen molar-refractivity contribution >= 4 is 23.4 Å². The van der Waals surface area contributed by atoms with Crippen molar-refractivity contribution in [3.05, 3.63) is 70.3 Å². The number of nitrogens with zero attached hydrogens (tertiary/aromatic N) is 3. The molecular formula is C22H21N3O2S. The van der Waals surface area contributed by atoms with E-state index in [9.17, 15) is 10.1 Å². The minimum atomic E-state index is -0.225. The number of hydrogen-bond acceptors (Lipinski definition) is 5. The highest BCUT2D eigenvalue weighted by Crippen LogP contribution is 2.43. The van der Waals surface area contributed by atoms with Crippen molar-refractivity contribution in [2.24, 2.45) is 0 Å². The summed E-state index contributed by atoms with van der Waals surface area (Å²) in [4.78, 5) is 16.9. The van der Waals surface area contributed by atoms with Crippen LogP contribution in [0.2, 0.25) is 0 Å². The number of methoxy groups -OCH3 is 1. The summed E-state index contributed by atoms with van der Waals surface area (Å²) in [5.41, 5.74) is 3.89. The van der Waals surface area contributed by atoms with Gasteiger partial charge in [0.05, 0.1) is 36.3 Å². The Morgan fingerprint density at radius 1 is 1.21 bits per heavy atom. The van der Waals surface area contributed by atoms with Gasteiger partial charge in [0, 0.05) is 18.0 Å². The molecule has 2 aliphatic heterocycles. The summed E-state index contributed by atoms with van der Waals surface area (Å²) < 4.78 is 5.31. The fourth-order valence-corrected chi connectivity index (χ4v) is 4.86. The molecule has 4 rings (SSSR count). The molecule has 1 fully saturated rings. The Morgan fingerprint density at radius 2 is 2.04 bits per heavy atom. The predicted octanol–water partition coefficient (Wildman–Crippen LogP) is 4.22. The molecule has 0 aliphatic carbocycles. The zero-order valence-electron chi connectivity index (χ0n) is 15.9. The Morgan fingerprint density at radius 3 is 2.79 bits per heavy atom. The van der Waals surface area contributed by atoms with Gasteiger partial charge >= 0.3 is 0 Å². The molecule has 2 aromatic carbocycles. The average molecular weight is 391 g/mol. The summed E-state index contributed by atoms with van der Waals surface area (Å²) in [5, 5.41) is 10.7. The van der Waals surface area contributed by atoms with Crippen molar-refractivity contribution in [1.82, 2.24) is 4.90 Å². The summed E-state index contributed by atoms with van der Waals surface area (Å²) in [7, 11) is 1.62. The second-order valence-electron chi connectivity index (χ2n) is 6.98. The van der Waals surface area contributed by atoms with E-state index in [0.29, 0.717) is 24.5 Å². The maximum atomic E-state index is 13.0. The van der Waals surface area contributed by atoms with Crippen LogP contribution in [0, 0.1) is 18.3 Å². The van der Waals surface area contributed by atoms with Crippen LogP contribution in [0.5, 0.6) is 5.75 Å². The summed E-state index contributed by atoms with van der Waals surface area (Å²) in [6, 6.07) is 18.3. The molecule has 0 bridgehead atoms. The monoisotopic (exact) mass is 391 g/mol. The van der Waals surface area contributed by atoms with Crippen LogP contribution in [0.25, 0.3) is 0 Å². The Kier molecular flexibility index (Phi) is 5.01. The van der Waals surface area contributed by atoms with Gasteiger partial charge < -0.3 is 9.64 Å². The van der Waals surface area contributed by atoms with Gasteiger partial charge in [-0.05, 0) is 42.3 Å². The molecule has 2 aliphatic rings. The molecule has 6 heteroatoms. The van der Waals surface area contributed by atoms with Crippen molar-refractivity contribution in [2.75, 3.05) is 24.6 Å². The highest BCUT2D eigenvalue weighted by Gasteiger charge is 2.38. The first-order valence-electron chi connectivity index (χ1n) is 9.13. The minimum absolute atomic E-state index is 0.0478. The molecule has 1 saturated heterocycles. The third-order valence-corrected chi connectivity index (χ3v) is 6.31. The van der Waals surface area contributed by atoms with Crippen LogP contribution in [-0.2, 0) is 4.79 Å². The maximum Gasteiger partial charge on any atom is 0.229 e. The lowest BCUT2D eigenvalue weighted by molar-refractivity contribution is -0.129. The quantitative estimate of drug-likeness (QED) is 0.784. The SMILES string of the molecule is COc1cccc([C@@H]2CC(=O)N3CN(c4cccc(C)c4)CSC3=C2C#N)c1. The molecule has 5 nitrogen and oxygen atoms in total. The van der Waals surface area contributed by atoms with Gasteiger partial charge in [0.25, 0.3) is 0 Å². The Balaban J connectivity index is 1.67. The smallest absolute Gasteiger partial charge is 0.229 e. The van der Waals surface area contributed by atoms with E-state index >= 15 is 0 Å². The molecule has 0 saturated carbocycles. The van der Waals surface area contributed by atoms with E-state index in [1.165, 1.54) is 5.56 Å². The second kappa shape index (κ2) is 7.61. The maximum absolute atomic E-state index is 13.0. The standard InChI is InChI=1S/C22H21N3O2S/c1-15-5-3-7-17(9-15)24-13-25-21(26)11-19(20(12-23)22(25)28-14-24)16-6-4-8-18(10-16)27-2/h3-10,19H,11,13-14H2,1-2H3/t19-/m0/s1. The summed E-state index contributed by atoms with van der Waals surface area (Å²) in [5.74, 6) is 1.26. The van der Waals surface area contributed by atoms with Crippen molar-refractivity contribution < 1.29 is 9.53 Å². The number of hydrogen-bond donors (Lipinski definition) is 0. The highest BCUT2D eigenvalue weighted by atomic mass is 32.2. The van der Waals surface area contributed by atoms with Crippen molar-refractivity contribution in [3.8, 4) is 11.8 Å². The molecule has 0 radical (unpaired) electrons. The normalized spacial score (nSPS) is 19.3. The lowest BCUT2D eigenvalue weighted by atomic mass is 9.86. The number of carbonyl (C=O) groups is 1. The summed E-state index contributed by atoms with van der Waals surface area (Å²) >= 11 is 1.56. The van der Waals surface area contributed by atoms with Crippen LogP contribution < -0.4 is 9.64 Å². The van der Waals surface area contributed by atoms with Gasteiger partial charge in [0.15, 0.2) is 0 Å². The van der Waals surface area contributed by atoms with Crippen LogP contribution in [0.3, 0.4) is 0 Å². The number of benzene rings is 2. The Hall–Kier alpha value is -2.91. The molecule has 2 aromatic rings. The second-order valence-corrected chi connectivity index (χ2v) is 7.91. The number of anilines is 1. The zero-order chi connectivity index (χ0) is 19.7. The van der Waals surface area contributed by atoms with Crippen LogP contribution in [-0.4, -0.2) is 30.5 Å². The molecule has 28 heavy (non-hydrogen) atoms. The topological polar surface area (TPSA) is 56.6 Å². The van der Waals surface area contributed by atoms with Gasteiger partial charge in [-0.3, -0.25) is 9.69 Å². The molecule has 142 valence electrons. The van der Waals surface area contributed by atoms with Crippen molar-refractivity contribution in [2.45, 2.75) is 19.3 Å². The number of rotatable bonds is 3. The average Bonchev–Trinajstić information content (AvgIpc) is 2.73. The van der Waals surface area contributed by atoms with E-state index in [1.54, 1.807) is 23.8 Å². The highest BCUT2D eigenvalue weighted by molar-refractivity contribution is 8.03. The van der Waals surface area contributed by atoms with E-state index in [0.717, 1.165) is 22.0 Å². The first kappa shape index (κ1) is 18.5. The number of allylic oxidation sites excluding steroid dienone is 1. The molecule has 1 atom stereocenters. The lowest BCUT2D eigenvalue weighted by Gasteiger charge is -2.42.